The Kier molecular flexibility index (Phi) is 4.54. The molecule has 25 heavy (non-hydrogen) atoms. The summed E-state index contributed by atoms with van der Waals surface area (Å²) in [5, 5.41) is 4.15. The first kappa shape index (κ1) is 18.2. The van der Waals surface area contributed by atoms with Crippen LogP contribution in [0.15, 0.2) is 9.52 Å². The highest BCUT2D eigenvalue weighted by atomic mass is 16.5. The number of aliphatic imine (C=N–C) groups is 1. The number of hydrogen-bond donors (Lipinski definition) is 0. The van der Waals surface area contributed by atoms with E-state index in [4.69, 9.17) is 9.26 Å². The van der Waals surface area contributed by atoms with Crippen LogP contribution in [-0.2, 0) is 16.0 Å². The molecule has 5 heteroatoms. The lowest BCUT2D eigenvalue weighted by Gasteiger charge is -2.37. The molecule has 0 radical (unpaired) electrons. The fourth-order valence-electron chi connectivity index (χ4n) is 4.03. The van der Waals surface area contributed by atoms with Gasteiger partial charge in [0.2, 0.25) is 5.90 Å². The highest BCUT2D eigenvalue weighted by Crippen LogP contribution is 2.41. The number of nitrogens with zero attached hydrogens (tertiary/aromatic N) is 2. The monoisotopic (exact) mass is 346 g/mol. The Labute approximate surface area is 150 Å². The minimum absolute atomic E-state index is 0.0670. The number of ether oxygens (including phenoxy) is 1. The molecule has 138 valence electrons. The molecule has 2 heterocycles. The topological polar surface area (TPSA) is 64.7 Å². The van der Waals surface area contributed by atoms with E-state index < -0.39 is 0 Å². The highest BCUT2D eigenvalue weighted by Gasteiger charge is 2.41. The molecule has 0 spiro atoms. The van der Waals surface area contributed by atoms with Crippen molar-refractivity contribution in [2.24, 2.45) is 22.2 Å². The van der Waals surface area contributed by atoms with E-state index in [-0.39, 0.29) is 16.9 Å². The van der Waals surface area contributed by atoms with Crippen molar-refractivity contribution in [3.8, 4) is 0 Å². The van der Waals surface area contributed by atoms with E-state index in [1.54, 1.807) is 0 Å². The second kappa shape index (κ2) is 6.26. The van der Waals surface area contributed by atoms with E-state index in [0.717, 1.165) is 29.9 Å². The van der Waals surface area contributed by atoms with Crippen LogP contribution in [0, 0.1) is 24.2 Å². The standard InChI is InChI=1S/C20H30N2O3/c1-12-7-8-15(23)14(9-12)19(3,4)10-16-17(13(2)22-25-16)18-21-20(5,6)11-24-18/h12,14H,7-11H2,1-6H3. The molecule has 2 atom stereocenters. The lowest BCUT2D eigenvalue weighted by Crippen LogP contribution is -2.37. The molecule has 5 nitrogen and oxygen atoms in total. The van der Waals surface area contributed by atoms with Gasteiger partial charge in [-0.3, -0.25) is 4.79 Å². The first-order valence-corrected chi connectivity index (χ1v) is 9.30. The molecule has 0 bridgehead atoms. The summed E-state index contributed by atoms with van der Waals surface area (Å²) >= 11 is 0. The van der Waals surface area contributed by atoms with E-state index in [2.05, 4.69) is 44.8 Å². The summed E-state index contributed by atoms with van der Waals surface area (Å²) in [6.45, 7) is 13.1. The minimum Gasteiger partial charge on any atom is -0.475 e. The molecular formula is C20H30N2O3. The zero-order valence-corrected chi connectivity index (χ0v) is 16.3. The number of carbonyl (C=O) groups is 1. The summed E-state index contributed by atoms with van der Waals surface area (Å²) in [4.78, 5) is 17.2. The molecule has 2 unspecified atom stereocenters. The Balaban J connectivity index is 1.87. The molecule has 3 rings (SSSR count). The average molecular weight is 346 g/mol. The van der Waals surface area contributed by atoms with Crippen LogP contribution in [0.25, 0.3) is 0 Å². The van der Waals surface area contributed by atoms with Gasteiger partial charge in [-0.2, -0.15) is 0 Å². The SMILES string of the molecule is Cc1noc(CC(C)(C)C2CC(C)CCC2=O)c1C1=NC(C)(C)CO1. The van der Waals surface area contributed by atoms with Crippen LogP contribution in [0.1, 0.15) is 70.9 Å². The predicted octanol–water partition coefficient (Wildman–Crippen LogP) is 4.11. The van der Waals surface area contributed by atoms with Gasteiger partial charge in [-0.25, -0.2) is 4.99 Å². The van der Waals surface area contributed by atoms with E-state index >= 15 is 0 Å². The van der Waals surface area contributed by atoms with Gasteiger partial charge in [0.1, 0.15) is 23.7 Å². The molecule has 0 amide bonds. The molecule has 1 fully saturated rings. The number of aryl methyl sites for hydroxylation is 1. The van der Waals surface area contributed by atoms with Gasteiger partial charge in [-0.05, 0) is 44.9 Å². The maximum atomic E-state index is 12.5. The van der Waals surface area contributed by atoms with Crippen LogP contribution in [0.4, 0.5) is 0 Å². The first-order valence-electron chi connectivity index (χ1n) is 9.30. The molecule has 0 aromatic carbocycles. The zero-order valence-electron chi connectivity index (χ0n) is 16.3. The van der Waals surface area contributed by atoms with Gasteiger partial charge in [-0.15, -0.1) is 0 Å². The van der Waals surface area contributed by atoms with Crippen molar-refractivity contribution in [1.29, 1.82) is 0 Å². The van der Waals surface area contributed by atoms with Crippen LogP contribution in [0.3, 0.4) is 0 Å². The summed E-state index contributed by atoms with van der Waals surface area (Å²) in [5.41, 5.74) is 1.27. The van der Waals surface area contributed by atoms with Crippen molar-refractivity contribution >= 4 is 11.7 Å². The van der Waals surface area contributed by atoms with Crippen molar-refractivity contribution in [2.45, 2.75) is 72.8 Å². The fourth-order valence-corrected chi connectivity index (χ4v) is 4.03. The molecule has 1 aromatic heterocycles. The second-order valence-electron chi connectivity index (χ2n) is 9.15. The van der Waals surface area contributed by atoms with Crippen LogP contribution in [-0.4, -0.2) is 29.0 Å². The number of aromatic nitrogens is 1. The molecule has 1 aromatic rings. The first-order chi connectivity index (χ1) is 11.6. The molecular weight excluding hydrogens is 316 g/mol. The Hall–Kier alpha value is -1.65. The van der Waals surface area contributed by atoms with E-state index in [1.165, 1.54) is 0 Å². The van der Waals surface area contributed by atoms with Crippen LogP contribution < -0.4 is 0 Å². The quantitative estimate of drug-likeness (QED) is 0.823. The maximum absolute atomic E-state index is 12.5. The third-order valence-electron chi connectivity index (χ3n) is 5.58. The zero-order chi connectivity index (χ0) is 18.4. The molecule has 0 saturated heterocycles. The largest absolute Gasteiger partial charge is 0.475 e. The summed E-state index contributed by atoms with van der Waals surface area (Å²) in [6.07, 6.45) is 3.33. The third-order valence-corrected chi connectivity index (χ3v) is 5.58. The summed E-state index contributed by atoms with van der Waals surface area (Å²) in [5.74, 6) is 2.46. The Morgan fingerprint density at radius 3 is 2.68 bits per heavy atom. The Bertz CT molecular complexity index is 700. The number of Topliss-reactive ketones (excluding diaryl/α,β-unsaturated/α-hetero) is 1. The summed E-state index contributed by atoms with van der Waals surface area (Å²) in [6, 6.07) is 0. The predicted molar refractivity (Wildman–Crippen MR) is 96.8 cm³/mol. The third kappa shape index (κ3) is 3.65. The molecule has 1 aliphatic heterocycles. The number of carbonyl (C=O) groups excluding carboxylic acids is 1. The molecule has 0 N–H and O–H groups in total. The van der Waals surface area contributed by atoms with Gasteiger partial charge < -0.3 is 9.26 Å². The van der Waals surface area contributed by atoms with Crippen molar-refractivity contribution in [1.82, 2.24) is 5.16 Å². The van der Waals surface area contributed by atoms with Crippen LogP contribution in [0.2, 0.25) is 0 Å². The highest BCUT2D eigenvalue weighted by molar-refractivity contribution is 5.97. The molecule has 1 aliphatic carbocycles. The van der Waals surface area contributed by atoms with Crippen molar-refractivity contribution in [2.75, 3.05) is 6.61 Å². The second-order valence-corrected chi connectivity index (χ2v) is 9.15. The van der Waals surface area contributed by atoms with E-state index in [0.29, 0.717) is 37.0 Å². The summed E-state index contributed by atoms with van der Waals surface area (Å²) in [7, 11) is 0. The maximum Gasteiger partial charge on any atom is 0.222 e. The summed E-state index contributed by atoms with van der Waals surface area (Å²) < 4.78 is 11.5. The van der Waals surface area contributed by atoms with E-state index in [1.807, 2.05) is 6.92 Å². The van der Waals surface area contributed by atoms with E-state index in [9.17, 15) is 4.79 Å². The smallest absolute Gasteiger partial charge is 0.222 e. The lowest BCUT2D eigenvalue weighted by molar-refractivity contribution is -0.129. The molecule has 1 saturated carbocycles. The normalized spacial score (nSPS) is 26.5. The van der Waals surface area contributed by atoms with Gasteiger partial charge in [-0.1, -0.05) is 25.9 Å². The van der Waals surface area contributed by atoms with Gasteiger partial charge in [0.15, 0.2) is 0 Å². The van der Waals surface area contributed by atoms with Gasteiger partial charge in [0.25, 0.3) is 0 Å². The van der Waals surface area contributed by atoms with Gasteiger partial charge >= 0.3 is 0 Å². The van der Waals surface area contributed by atoms with Crippen molar-refractivity contribution in [3.05, 3.63) is 17.0 Å². The van der Waals surface area contributed by atoms with Crippen LogP contribution in [0.5, 0.6) is 0 Å². The Morgan fingerprint density at radius 1 is 1.32 bits per heavy atom. The molecule has 2 aliphatic rings. The lowest BCUT2D eigenvalue weighted by atomic mass is 9.66. The van der Waals surface area contributed by atoms with Gasteiger partial charge in [0.05, 0.1) is 11.2 Å². The number of ketones is 1. The van der Waals surface area contributed by atoms with Crippen molar-refractivity contribution in [3.63, 3.8) is 0 Å². The average Bonchev–Trinajstić information content (AvgIpc) is 3.03. The van der Waals surface area contributed by atoms with Crippen molar-refractivity contribution < 1.29 is 14.1 Å². The van der Waals surface area contributed by atoms with Gasteiger partial charge in [0, 0.05) is 18.8 Å². The fraction of sp³-hybridized carbons (Fsp3) is 0.750. The Morgan fingerprint density at radius 2 is 2.04 bits per heavy atom. The minimum atomic E-state index is -0.222. The number of rotatable bonds is 4. The van der Waals surface area contributed by atoms with Crippen LogP contribution >= 0.6 is 0 Å². The number of hydrogen-bond acceptors (Lipinski definition) is 5.